The van der Waals surface area contributed by atoms with E-state index in [9.17, 15) is 4.39 Å². The Morgan fingerprint density at radius 2 is 1.62 bits per heavy atom. The van der Waals surface area contributed by atoms with Gasteiger partial charge in [-0.05, 0) is 44.4 Å². The maximum atomic E-state index is 13.3. The predicted octanol–water partition coefficient (Wildman–Crippen LogP) is 3.49. The fourth-order valence-corrected chi connectivity index (χ4v) is 3.82. The third-order valence-electron chi connectivity index (χ3n) is 4.27. The van der Waals surface area contributed by atoms with Gasteiger partial charge in [-0.3, -0.25) is 4.90 Å². The maximum absolute atomic E-state index is 13.3. The molecule has 2 fully saturated rings. The van der Waals surface area contributed by atoms with E-state index in [1.807, 2.05) is 0 Å². The Labute approximate surface area is 99.4 Å². The third kappa shape index (κ3) is 1.79. The highest BCUT2D eigenvalue weighted by atomic mass is 19.1. The number of fused-ring (bicyclic) bond motifs is 1. The van der Waals surface area contributed by atoms with Gasteiger partial charge in [-0.15, -0.1) is 0 Å². The molecule has 0 N–H and O–H groups in total. The third-order valence-corrected chi connectivity index (χ3v) is 4.27. The van der Waals surface area contributed by atoms with Crippen LogP contribution in [0.3, 0.4) is 0 Å². The number of nitrogens with zero attached hydrogens (tertiary/aromatic N) is 1. The van der Waals surface area contributed by atoms with Crippen LogP contribution in [0, 0.1) is 17.3 Å². The van der Waals surface area contributed by atoms with E-state index in [1.165, 1.54) is 6.42 Å². The number of halogens is 1. The summed E-state index contributed by atoms with van der Waals surface area (Å²) in [5, 5.41) is 0. The second-order valence-corrected chi connectivity index (χ2v) is 7.67. The number of hydrogen-bond donors (Lipinski definition) is 0. The Morgan fingerprint density at radius 3 is 2.00 bits per heavy atom. The van der Waals surface area contributed by atoms with Crippen molar-refractivity contribution < 1.29 is 4.39 Å². The number of rotatable bonds is 1. The van der Waals surface area contributed by atoms with Crippen LogP contribution in [0.25, 0.3) is 0 Å². The largest absolute Gasteiger partial charge is 0.289 e. The van der Waals surface area contributed by atoms with Crippen LogP contribution in [0.2, 0.25) is 0 Å². The summed E-state index contributed by atoms with van der Waals surface area (Å²) in [6.07, 6.45) is 1.25. The molecule has 2 rings (SSSR count). The molecule has 1 unspecified atom stereocenters. The molecule has 0 amide bonds. The molecule has 0 aromatic carbocycles. The highest BCUT2D eigenvalue weighted by Gasteiger charge is 2.63. The van der Waals surface area contributed by atoms with Crippen molar-refractivity contribution >= 4 is 0 Å². The molecule has 94 valence electrons. The Hall–Kier alpha value is -0.110. The summed E-state index contributed by atoms with van der Waals surface area (Å²) < 4.78 is 13.3. The summed E-state index contributed by atoms with van der Waals surface area (Å²) in [5.41, 5.74) is 0.346. The zero-order valence-corrected chi connectivity index (χ0v) is 11.5. The van der Waals surface area contributed by atoms with E-state index in [1.54, 1.807) is 0 Å². The van der Waals surface area contributed by atoms with Crippen LogP contribution in [0.4, 0.5) is 4.39 Å². The topological polar surface area (TPSA) is 3.24 Å². The van der Waals surface area contributed by atoms with Gasteiger partial charge in [0.05, 0.1) is 0 Å². The molecule has 1 saturated carbocycles. The Bertz CT molecular complexity index is 273. The van der Waals surface area contributed by atoms with Gasteiger partial charge >= 0.3 is 0 Å². The van der Waals surface area contributed by atoms with Crippen molar-refractivity contribution in [3.05, 3.63) is 0 Å². The summed E-state index contributed by atoms with van der Waals surface area (Å²) in [5.74, 6) is 1.38. The van der Waals surface area contributed by atoms with E-state index in [0.717, 1.165) is 5.92 Å². The zero-order valence-electron chi connectivity index (χ0n) is 11.5. The lowest BCUT2D eigenvalue weighted by molar-refractivity contribution is -0.00401. The maximum Gasteiger partial charge on any atom is 0.105 e. The highest BCUT2D eigenvalue weighted by Crippen LogP contribution is 2.59. The minimum atomic E-state index is -0.176. The van der Waals surface area contributed by atoms with E-state index in [4.69, 9.17) is 0 Å². The van der Waals surface area contributed by atoms with Gasteiger partial charge in [0.25, 0.3) is 0 Å². The average Bonchev–Trinajstić information content (AvgIpc) is 2.75. The lowest BCUT2D eigenvalue weighted by atomic mass is 9.82. The Morgan fingerprint density at radius 1 is 1.06 bits per heavy atom. The van der Waals surface area contributed by atoms with Gasteiger partial charge in [0.1, 0.15) is 6.67 Å². The summed E-state index contributed by atoms with van der Waals surface area (Å²) in [7, 11) is 0. The van der Waals surface area contributed by atoms with Gasteiger partial charge in [0, 0.05) is 17.6 Å². The molecule has 4 atom stereocenters. The van der Waals surface area contributed by atoms with Crippen molar-refractivity contribution in [2.45, 2.75) is 65.6 Å². The fourth-order valence-electron chi connectivity index (χ4n) is 3.82. The van der Waals surface area contributed by atoms with Gasteiger partial charge < -0.3 is 0 Å². The first-order valence-electron chi connectivity index (χ1n) is 6.52. The normalized spacial score (nSPS) is 39.9. The van der Waals surface area contributed by atoms with Crippen LogP contribution in [0.5, 0.6) is 0 Å². The van der Waals surface area contributed by atoms with E-state index < -0.39 is 0 Å². The van der Waals surface area contributed by atoms with E-state index in [2.05, 4.69) is 46.4 Å². The van der Waals surface area contributed by atoms with Gasteiger partial charge in [0.2, 0.25) is 0 Å². The molecule has 1 saturated heterocycles. The molecule has 0 bridgehead atoms. The summed E-state index contributed by atoms with van der Waals surface area (Å²) >= 11 is 0. The summed E-state index contributed by atoms with van der Waals surface area (Å²) in [6, 6.07) is 0.729. The quantitative estimate of drug-likeness (QED) is 0.663. The summed E-state index contributed by atoms with van der Waals surface area (Å²) in [6.45, 7) is 13.4. The highest BCUT2D eigenvalue weighted by molar-refractivity contribution is 5.15. The molecular formula is C14H26FN. The number of likely N-dealkylation sites (tertiary alicyclic amines) is 1. The smallest absolute Gasteiger partial charge is 0.105 e. The van der Waals surface area contributed by atoms with Gasteiger partial charge in [0.15, 0.2) is 0 Å². The SMILES string of the molecule is CC(C)(C)C1[C@@H]2C[C@@H]2[C@H](CF)N1C(C)(C)C. The van der Waals surface area contributed by atoms with Crippen LogP contribution >= 0.6 is 0 Å². The van der Waals surface area contributed by atoms with Crippen molar-refractivity contribution in [1.82, 2.24) is 4.90 Å². The van der Waals surface area contributed by atoms with Crippen LogP contribution < -0.4 is 0 Å². The van der Waals surface area contributed by atoms with Crippen LogP contribution in [-0.4, -0.2) is 29.2 Å². The minimum Gasteiger partial charge on any atom is -0.289 e. The fraction of sp³-hybridized carbons (Fsp3) is 1.00. The molecule has 2 aliphatic rings. The molecule has 1 aliphatic heterocycles. The van der Waals surface area contributed by atoms with E-state index in [0.29, 0.717) is 12.0 Å². The molecule has 1 aliphatic carbocycles. The first-order chi connectivity index (χ1) is 7.18. The Kier molecular flexibility index (Phi) is 2.66. The molecule has 0 aromatic heterocycles. The zero-order chi connectivity index (χ0) is 12.3. The molecule has 0 radical (unpaired) electrons. The number of hydrogen-bond acceptors (Lipinski definition) is 1. The number of alkyl halides is 1. The molecule has 16 heavy (non-hydrogen) atoms. The molecule has 1 nitrogen and oxygen atoms in total. The first-order valence-corrected chi connectivity index (χ1v) is 6.52. The second-order valence-electron chi connectivity index (χ2n) is 7.67. The van der Waals surface area contributed by atoms with Gasteiger partial charge in [-0.25, -0.2) is 4.39 Å². The van der Waals surface area contributed by atoms with E-state index in [-0.39, 0.29) is 23.7 Å². The average molecular weight is 227 g/mol. The van der Waals surface area contributed by atoms with Crippen molar-refractivity contribution in [3.8, 4) is 0 Å². The molecule has 0 aromatic rings. The molecular weight excluding hydrogens is 201 g/mol. The van der Waals surface area contributed by atoms with Crippen molar-refractivity contribution in [3.63, 3.8) is 0 Å². The Balaban J connectivity index is 2.30. The van der Waals surface area contributed by atoms with Crippen LogP contribution in [-0.2, 0) is 0 Å². The summed E-state index contributed by atoms with van der Waals surface area (Å²) in [4.78, 5) is 2.46. The second kappa shape index (κ2) is 3.44. The van der Waals surface area contributed by atoms with Gasteiger partial charge in [-0.1, -0.05) is 20.8 Å². The van der Waals surface area contributed by atoms with Crippen LogP contribution in [0.1, 0.15) is 48.0 Å². The molecule has 0 spiro atoms. The standard InChI is InChI=1S/C14H26FN/c1-13(2,3)12-10-7-9(10)11(8-15)16(12)14(4,5)6/h9-12H,7-8H2,1-6H3/t9-,10+,11-,12?/m0/s1. The predicted molar refractivity (Wildman–Crippen MR) is 66.2 cm³/mol. The monoisotopic (exact) mass is 227 g/mol. The lowest BCUT2D eigenvalue weighted by Gasteiger charge is -2.47. The van der Waals surface area contributed by atoms with Crippen molar-refractivity contribution in [2.75, 3.05) is 6.67 Å². The molecule has 1 heterocycles. The molecule has 2 heteroatoms. The van der Waals surface area contributed by atoms with Crippen molar-refractivity contribution in [1.29, 1.82) is 0 Å². The van der Waals surface area contributed by atoms with Crippen molar-refractivity contribution in [2.24, 2.45) is 17.3 Å². The number of piperidine rings is 1. The van der Waals surface area contributed by atoms with E-state index >= 15 is 0 Å². The first kappa shape index (κ1) is 12.3. The lowest BCUT2D eigenvalue weighted by Crippen LogP contribution is -2.56. The van der Waals surface area contributed by atoms with Crippen LogP contribution in [0.15, 0.2) is 0 Å². The van der Waals surface area contributed by atoms with Gasteiger partial charge in [-0.2, -0.15) is 0 Å². The minimum absolute atomic E-state index is 0.0854.